The van der Waals surface area contributed by atoms with Gasteiger partial charge in [-0.25, -0.2) is 0 Å². The predicted octanol–water partition coefficient (Wildman–Crippen LogP) is 3.06. The van der Waals surface area contributed by atoms with Crippen molar-refractivity contribution >= 4 is 0 Å². The van der Waals surface area contributed by atoms with Crippen LogP contribution in [0.4, 0.5) is 0 Å². The Balaban J connectivity index is 1.36. The Bertz CT molecular complexity index is 612. The second kappa shape index (κ2) is 4.84. The minimum absolute atomic E-state index is 0.338. The number of hydrogen-bond donors (Lipinski definition) is 1. The van der Waals surface area contributed by atoms with E-state index < -0.39 is 0 Å². The molecule has 2 atom stereocenters. The normalized spacial score (nSPS) is 22.8. The maximum atomic E-state index is 5.40. The molecule has 0 unspecified atom stereocenters. The lowest BCUT2D eigenvalue weighted by Gasteiger charge is -2.06. The van der Waals surface area contributed by atoms with Crippen LogP contribution in [0, 0.1) is 0 Å². The number of benzene rings is 2. The first-order chi connectivity index (χ1) is 9.90. The minimum Gasteiger partial charge on any atom is -0.454 e. The van der Waals surface area contributed by atoms with Crippen LogP contribution in [-0.2, 0) is 6.54 Å². The van der Waals surface area contributed by atoms with Crippen LogP contribution in [0.3, 0.4) is 0 Å². The Morgan fingerprint density at radius 2 is 1.85 bits per heavy atom. The fourth-order valence-corrected chi connectivity index (χ4v) is 2.79. The zero-order chi connectivity index (χ0) is 13.4. The second-order valence-electron chi connectivity index (χ2n) is 5.43. The average molecular weight is 267 g/mol. The Hall–Kier alpha value is -2.00. The van der Waals surface area contributed by atoms with E-state index >= 15 is 0 Å². The number of fused-ring (bicyclic) bond motifs is 1. The van der Waals surface area contributed by atoms with Gasteiger partial charge in [-0.2, -0.15) is 0 Å². The third kappa shape index (κ3) is 2.25. The van der Waals surface area contributed by atoms with E-state index in [4.69, 9.17) is 9.47 Å². The highest BCUT2D eigenvalue weighted by molar-refractivity contribution is 5.44. The molecule has 2 aromatic rings. The van der Waals surface area contributed by atoms with Crippen LogP contribution in [0.2, 0.25) is 0 Å². The van der Waals surface area contributed by atoms with E-state index in [9.17, 15) is 0 Å². The molecule has 102 valence electrons. The topological polar surface area (TPSA) is 30.5 Å². The third-order valence-corrected chi connectivity index (χ3v) is 4.02. The van der Waals surface area contributed by atoms with Gasteiger partial charge in [0.25, 0.3) is 0 Å². The van der Waals surface area contributed by atoms with Gasteiger partial charge in [0, 0.05) is 18.5 Å². The number of hydrogen-bond acceptors (Lipinski definition) is 3. The summed E-state index contributed by atoms with van der Waals surface area (Å²) < 4.78 is 10.7. The molecule has 0 aromatic heterocycles. The molecule has 3 heteroatoms. The van der Waals surface area contributed by atoms with E-state index in [2.05, 4.69) is 47.8 Å². The summed E-state index contributed by atoms with van der Waals surface area (Å²) in [4.78, 5) is 0. The SMILES string of the molecule is c1ccc([C@@H]2C[C@H]2NCc2ccc3c(c2)OCO3)cc1. The molecule has 0 spiro atoms. The zero-order valence-corrected chi connectivity index (χ0v) is 11.2. The van der Waals surface area contributed by atoms with Crippen LogP contribution in [-0.4, -0.2) is 12.8 Å². The molecule has 1 aliphatic carbocycles. The Morgan fingerprint density at radius 3 is 2.75 bits per heavy atom. The Kier molecular flexibility index (Phi) is 2.85. The van der Waals surface area contributed by atoms with Gasteiger partial charge in [-0.05, 0) is 29.7 Å². The number of rotatable bonds is 4. The Morgan fingerprint density at radius 1 is 1.00 bits per heavy atom. The fourth-order valence-electron chi connectivity index (χ4n) is 2.79. The van der Waals surface area contributed by atoms with Crippen LogP contribution < -0.4 is 14.8 Å². The van der Waals surface area contributed by atoms with Gasteiger partial charge in [-0.15, -0.1) is 0 Å². The van der Waals surface area contributed by atoms with Crippen LogP contribution in [0.1, 0.15) is 23.5 Å². The molecule has 1 saturated carbocycles. The second-order valence-corrected chi connectivity index (χ2v) is 5.43. The van der Waals surface area contributed by atoms with Crippen molar-refractivity contribution in [3.63, 3.8) is 0 Å². The van der Waals surface area contributed by atoms with Crippen LogP contribution in [0.25, 0.3) is 0 Å². The summed E-state index contributed by atoms with van der Waals surface area (Å²) in [6.45, 7) is 1.22. The summed E-state index contributed by atoms with van der Waals surface area (Å²) in [7, 11) is 0. The van der Waals surface area contributed by atoms with Crippen molar-refractivity contribution in [2.45, 2.75) is 24.9 Å². The first-order valence-corrected chi connectivity index (χ1v) is 7.07. The Labute approximate surface area is 118 Å². The minimum atomic E-state index is 0.338. The molecular weight excluding hydrogens is 250 g/mol. The fraction of sp³-hybridized carbons (Fsp3) is 0.294. The lowest BCUT2D eigenvalue weighted by molar-refractivity contribution is 0.174. The van der Waals surface area contributed by atoms with E-state index in [-0.39, 0.29) is 0 Å². The van der Waals surface area contributed by atoms with Crippen LogP contribution in [0.5, 0.6) is 11.5 Å². The molecule has 0 saturated heterocycles. The molecule has 0 amide bonds. The molecule has 1 heterocycles. The highest BCUT2D eigenvalue weighted by Crippen LogP contribution is 2.41. The van der Waals surface area contributed by atoms with Crippen molar-refractivity contribution in [2.75, 3.05) is 6.79 Å². The summed E-state index contributed by atoms with van der Waals surface area (Å²) in [5.74, 6) is 2.38. The molecule has 1 aliphatic heterocycles. The van der Waals surface area contributed by atoms with Crippen molar-refractivity contribution < 1.29 is 9.47 Å². The highest BCUT2D eigenvalue weighted by Gasteiger charge is 2.37. The predicted molar refractivity (Wildman–Crippen MR) is 77.0 cm³/mol. The van der Waals surface area contributed by atoms with Crippen molar-refractivity contribution in [1.82, 2.24) is 5.32 Å². The summed E-state index contributed by atoms with van der Waals surface area (Å²) in [6.07, 6.45) is 1.23. The standard InChI is InChI=1S/C17H17NO2/c1-2-4-13(5-3-1)14-9-15(14)18-10-12-6-7-16-17(8-12)20-11-19-16/h1-8,14-15,18H,9-11H2/t14-,15+/m0/s1. The van der Waals surface area contributed by atoms with Crippen molar-refractivity contribution in [1.29, 1.82) is 0 Å². The lowest BCUT2D eigenvalue weighted by atomic mass is 10.1. The molecular formula is C17H17NO2. The highest BCUT2D eigenvalue weighted by atomic mass is 16.7. The van der Waals surface area contributed by atoms with Crippen molar-refractivity contribution in [2.24, 2.45) is 0 Å². The molecule has 3 nitrogen and oxygen atoms in total. The molecule has 0 bridgehead atoms. The molecule has 2 aliphatic rings. The number of nitrogens with one attached hydrogen (secondary N) is 1. The summed E-state index contributed by atoms with van der Waals surface area (Å²) in [5.41, 5.74) is 2.68. The first-order valence-electron chi connectivity index (χ1n) is 7.07. The van der Waals surface area contributed by atoms with Crippen LogP contribution in [0.15, 0.2) is 48.5 Å². The zero-order valence-electron chi connectivity index (χ0n) is 11.2. The van der Waals surface area contributed by atoms with E-state index in [0.29, 0.717) is 18.8 Å². The molecule has 0 radical (unpaired) electrons. The lowest BCUT2D eigenvalue weighted by Crippen LogP contribution is -2.17. The van der Waals surface area contributed by atoms with Gasteiger partial charge in [0.2, 0.25) is 6.79 Å². The van der Waals surface area contributed by atoms with Crippen molar-refractivity contribution in [3.05, 3.63) is 59.7 Å². The summed E-state index contributed by atoms with van der Waals surface area (Å²) in [6, 6.07) is 17.5. The number of ether oxygens (including phenoxy) is 2. The summed E-state index contributed by atoms with van der Waals surface area (Å²) in [5, 5.41) is 3.62. The van der Waals surface area contributed by atoms with Gasteiger partial charge in [0.1, 0.15) is 0 Å². The molecule has 20 heavy (non-hydrogen) atoms. The molecule has 1 fully saturated rings. The maximum Gasteiger partial charge on any atom is 0.231 e. The van der Waals surface area contributed by atoms with Gasteiger partial charge in [-0.1, -0.05) is 36.4 Å². The average Bonchev–Trinajstić information content (AvgIpc) is 3.13. The summed E-state index contributed by atoms with van der Waals surface area (Å²) >= 11 is 0. The van der Waals surface area contributed by atoms with Crippen molar-refractivity contribution in [3.8, 4) is 11.5 Å². The molecule has 2 aromatic carbocycles. The third-order valence-electron chi connectivity index (χ3n) is 4.02. The maximum absolute atomic E-state index is 5.40. The smallest absolute Gasteiger partial charge is 0.231 e. The van der Waals surface area contributed by atoms with E-state index in [1.54, 1.807) is 0 Å². The van der Waals surface area contributed by atoms with Gasteiger partial charge in [0.15, 0.2) is 11.5 Å². The van der Waals surface area contributed by atoms with Gasteiger partial charge in [-0.3, -0.25) is 0 Å². The first kappa shape index (κ1) is 11.8. The quantitative estimate of drug-likeness (QED) is 0.923. The van der Waals surface area contributed by atoms with E-state index in [1.165, 1.54) is 17.5 Å². The van der Waals surface area contributed by atoms with E-state index in [1.807, 2.05) is 6.07 Å². The molecule has 4 rings (SSSR count). The van der Waals surface area contributed by atoms with Crippen LogP contribution >= 0.6 is 0 Å². The van der Waals surface area contributed by atoms with Gasteiger partial charge >= 0.3 is 0 Å². The monoisotopic (exact) mass is 267 g/mol. The van der Waals surface area contributed by atoms with Gasteiger partial charge < -0.3 is 14.8 Å². The largest absolute Gasteiger partial charge is 0.454 e. The molecule has 1 N–H and O–H groups in total. The van der Waals surface area contributed by atoms with Gasteiger partial charge in [0.05, 0.1) is 0 Å². The van der Waals surface area contributed by atoms with E-state index in [0.717, 1.165) is 18.0 Å².